The van der Waals surface area contributed by atoms with Crippen molar-refractivity contribution >= 4 is 17.6 Å². The van der Waals surface area contributed by atoms with Gasteiger partial charge in [0.1, 0.15) is 11.8 Å². The Labute approximate surface area is 114 Å². The summed E-state index contributed by atoms with van der Waals surface area (Å²) in [6.07, 6.45) is 2.50. The molecule has 19 heavy (non-hydrogen) atoms. The molecule has 0 aliphatic carbocycles. The first-order valence-electron chi connectivity index (χ1n) is 6.17. The van der Waals surface area contributed by atoms with Gasteiger partial charge in [-0.15, -0.1) is 5.10 Å². The Morgan fingerprint density at radius 1 is 1.47 bits per heavy atom. The van der Waals surface area contributed by atoms with Crippen LogP contribution in [-0.2, 0) is 4.74 Å². The minimum absolute atomic E-state index is 0.111. The first-order valence-corrected chi connectivity index (χ1v) is 6.99. The molecule has 0 amide bonds. The predicted octanol–water partition coefficient (Wildman–Crippen LogP) is 2.00. The van der Waals surface area contributed by atoms with E-state index in [0.29, 0.717) is 12.3 Å². The van der Waals surface area contributed by atoms with Gasteiger partial charge in [0.05, 0.1) is 5.69 Å². The molecule has 0 aromatic carbocycles. The summed E-state index contributed by atoms with van der Waals surface area (Å²) in [5.41, 5.74) is 2.04. The Balaban J connectivity index is 2.10. The zero-order chi connectivity index (χ0) is 13.4. The molecule has 2 aromatic rings. The van der Waals surface area contributed by atoms with Crippen LogP contribution in [0.5, 0.6) is 0 Å². The average molecular weight is 278 g/mol. The number of ether oxygens (including phenoxy) is 1. The quantitative estimate of drug-likeness (QED) is 0.803. The van der Waals surface area contributed by atoms with Crippen LogP contribution in [0.15, 0.2) is 0 Å². The van der Waals surface area contributed by atoms with Gasteiger partial charge >= 0.3 is 0 Å². The Morgan fingerprint density at radius 3 is 2.89 bits per heavy atom. The first-order chi connectivity index (χ1) is 9.20. The van der Waals surface area contributed by atoms with Crippen molar-refractivity contribution in [1.29, 1.82) is 0 Å². The molecule has 0 radical (unpaired) electrons. The van der Waals surface area contributed by atoms with Crippen molar-refractivity contribution in [1.82, 2.24) is 20.0 Å². The van der Waals surface area contributed by atoms with Crippen molar-refractivity contribution in [2.24, 2.45) is 0 Å². The fourth-order valence-corrected chi connectivity index (χ4v) is 3.04. The van der Waals surface area contributed by atoms with Gasteiger partial charge in [0.25, 0.3) is 0 Å². The largest absolute Gasteiger partial charge is 0.372 e. The Hall–Kier alpha value is -1.60. The van der Waals surface area contributed by atoms with Crippen LogP contribution in [0.25, 0.3) is 5.13 Å². The van der Waals surface area contributed by atoms with Gasteiger partial charge < -0.3 is 4.74 Å². The van der Waals surface area contributed by atoms with E-state index in [1.54, 1.807) is 16.0 Å². The van der Waals surface area contributed by atoms with Crippen molar-refractivity contribution in [2.45, 2.75) is 32.8 Å². The normalized spacial score (nSPS) is 18.9. The molecular formula is C12H14N4O2S. The maximum atomic E-state index is 11.1. The van der Waals surface area contributed by atoms with E-state index in [2.05, 4.69) is 15.3 Å². The highest BCUT2D eigenvalue weighted by Crippen LogP contribution is 2.32. The lowest BCUT2D eigenvalue weighted by Crippen LogP contribution is -2.08. The molecule has 1 atom stereocenters. The summed E-state index contributed by atoms with van der Waals surface area (Å²) in [6, 6.07) is 0. The molecule has 7 heteroatoms. The van der Waals surface area contributed by atoms with E-state index in [9.17, 15) is 4.79 Å². The number of carbonyl (C=O) groups excluding carboxylic acids is 1. The number of aryl methyl sites for hydroxylation is 2. The van der Waals surface area contributed by atoms with Crippen LogP contribution in [0.4, 0.5) is 0 Å². The molecule has 1 fully saturated rings. The summed E-state index contributed by atoms with van der Waals surface area (Å²) in [6.45, 7) is 4.68. The molecule has 1 saturated heterocycles. The fourth-order valence-electron chi connectivity index (χ4n) is 2.17. The third kappa shape index (κ3) is 2.08. The third-order valence-electron chi connectivity index (χ3n) is 3.28. The van der Waals surface area contributed by atoms with Crippen LogP contribution in [0.2, 0.25) is 0 Å². The molecule has 1 aliphatic rings. The van der Waals surface area contributed by atoms with E-state index in [1.165, 1.54) is 0 Å². The Morgan fingerprint density at radius 2 is 2.32 bits per heavy atom. The Bertz CT molecular complexity index is 594. The highest BCUT2D eigenvalue weighted by Gasteiger charge is 2.28. The van der Waals surface area contributed by atoms with Crippen molar-refractivity contribution < 1.29 is 9.53 Å². The van der Waals surface area contributed by atoms with Crippen molar-refractivity contribution in [2.75, 3.05) is 6.61 Å². The topological polar surface area (TPSA) is 69.9 Å². The van der Waals surface area contributed by atoms with Crippen LogP contribution in [0.1, 0.15) is 45.7 Å². The Kier molecular flexibility index (Phi) is 3.16. The molecular weight excluding hydrogens is 264 g/mol. The highest BCUT2D eigenvalue weighted by molar-refractivity contribution is 7.14. The van der Waals surface area contributed by atoms with E-state index in [4.69, 9.17) is 4.74 Å². The minimum Gasteiger partial charge on any atom is -0.372 e. The van der Waals surface area contributed by atoms with E-state index >= 15 is 0 Å². The lowest BCUT2D eigenvalue weighted by atomic mass is 10.1. The number of thiazole rings is 1. The molecule has 1 aliphatic heterocycles. The zero-order valence-electron chi connectivity index (χ0n) is 10.8. The summed E-state index contributed by atoms with van der Waals surface area (Å²) in [5.74, 6) is 0. The first kappa shape index (κ1) is 12.4. The van der Waals surface area contributed by atoms with Gasteiger partial charge in [-0.25, -0.2) is 4.98 Å². The minimum atomic E-state index is -0.111. The molecule has 1 unspecified atom stereocenters. The van der Waals surface area contributed by atoms with Gasteiger partial charge in [0.2, 0.25) is 5.13 Å². The van der Waals surface area contributed by atoms with Gasteiger partial charge in [0.15, 0.2) is 12.0 Å². The van der Waals surface area contributed by atoms with E-state index < -0.39 is 0 Å². The molecule has 0 spiro atoms. The molecule has 0 bridgehead atoms. The second kappa shape index (κ2) is 4.82. The summed E-state index contributed by atoms with van der Waals surface area (Å²) < 4.78 is 7.30. The summed E-state index contributed by atoms with van der Waals surface area (Å²) in [7, 11) is 0. The highest BCUT2D eigenvalue weighted by atomic mass is 32.1. The molecule has 3 rings (SSSR count). The molecule has 3 heterocycles. The smallest absolute Gasteiger partial charge is 0.212 e. The second-order valence-corrected chi connectivity index (χ2v) is 5.71. The molecule has 6 nitrogen and oxygen atoms in total. The van der Waals surface area contributed by atoms with Crippen LogP contribution in [0, 0.1) is 13.8 Å². The summed E-state index contributed by atoms with van der Waals surface area (Å²) in [5, 5.41) is 8.72. The van der Waals surface area contributed by atoms with E-state index in [1.807, 2.05) is 13.8 Å². The van der Waals surface area contributed by atoms with Gasteiger partial charge in [-0.05, 0) is 26.7 Å². The number of aldehydes is 1. The number of rotatable bonds is 3. The summed E-state index contributed by atoms with van der Waals surface area (Å²) >= 11 is 1.54. The SMILES string of the molecule is Cc1nc(-n2nnc(C=O)c2C2CCCO2)sc1C. The van der Waals surface area contributed by atoms with Crippen LogP contribution >= 0.6 is 11.3 Å². The average Bonchev–Trinajstić information content (AvgIpc) is 3.09. The van der Waals surface area contributed by atoms with Gasteiger partial charge in [-0.1, -0.05) is 16.6 Å². The lowest BCUT2D eigenvalue weighted by Gasteiger charge is -2.10. The summed E-state index contributed by atoms with van der Waals surface area (Å²) in [4.78, 5) is 16.7. The van der Waals surface area contributed by atoms with Gasteiger partial charge in [-0.3, -0.25) is 4.79 Å². The fraction of sp³-hybridized carbons (Fsp3) is 0.500. The number of nitrogens with zero attached hydrogens (tertiary/aromatic N) is 4. The standard InChI is InChI=1S/C12H14N4O2S/c1-7-8(2)19-12(13-7)16-11(9(6-17)14-15-16)10-4-3-5-18-10/h6,10H,3-5H2,1-2H3. The molecule has 100 valence electrons. The molecule has 2 aromatic heterocycles. The number of hydrogen-bond acceptors (Lipinski definition) is 6. The second-order valence-electron chi connectivity index (χ2n) is 4.53. The van der Waals surface area contributed by atoms with E-state index in [-0.39, 0.29) is 6.10 Å². The number of carbonyl (C=O) groups is 1. The lowest BCUT2D eigenvalue weighted by molar-refractivity contribution is 0.102. The number of hydrogen-bond donors (Lipinski definition) is 0. The van der Waals surface area contributed by atoms with Gasteiger partial charge in [-0.2, -0.15) is 4.68 Å². The zero-order valence-corrected chi connectivity index (χ0v) is 11.6. The van der Waals surface area contributed by atoms with Crippen LogP contribution in [-0.4, -0.2) is 32.9 Å². The maximum Gasteiger partial charge on any atom is 0.212 e. The van der Waals surface area contributed by atoms with Gasteiger partial charge in [0, 0.05) is 11.5 Å². The van der Waals surface area contributed by atoms with E-state index in [0.717, 1.165) is 40.5 Å². The van der Waals surface area contributed by atoms with Crippen LogP contribution < -0.4 is 0 Å². The molecule has 0 saturated carbocycles. The predicted molar refractivity (Wildman–Crippen MR) is 69.8 cm³/mol. The molecule has 0 N–H and O–H groups in total. The third-order valence-corrected chi connectivity index (χ3v) is 4.33. The maximum absolute atomic E-state index is 11.1. The number of aromatic nitrogens is 4. The van der Waals surface area contributed by atoms with Crippen molar-refractivity contribution in [3.63, 3.8) is 0 Å². The van der Waals surface area contributed by atoms with Crippen molar-refractivity contribution in [3.05, 3.63) is 22.0 Å². The monoisotopic (exact) mass is 278 g/mol. The van der Waals surface area contributed by atoms with Crippen LogP contribution in [0.3, 0.4) is 0 Å². The van der Waals surface area contributed by atoms with Crippen molar-refractivity contribution in [3.8, 4) is 5.13 Å².